The second kappa shape index (κ2) is 36.3. The Hall–Kier alpha value is -2.80. The first kappa shape index (κ1) is 61.1. The van der Waals surface area contributed by atoms with Gasteiger partial charge < -0.3 is 38.5 Å². The quantitative estimate of drug-likeness (QED) is 0.0345. The number of amides is 2. The predicted octanol–water partition coefficient (Wildman–Crippen LogP) is 11.9. The van der Waals surface area contributed by atoms with Crippen molar-refractivity contribution in [2.75, 3.05) is 79.7 Å². The van der Waals surface area contributed by atoms with Crippen LogP contribution in [-0.2, 0) is 38.1 Å². The van der Waals surface area contributed by atoms with Crippen LogP contribution in [0.2, 0.25) is 0 Å². The van der Waals surface area contributed by atoms with E-state index in [0.717, 1.165) is 110 Å². The molecule has 2 amide bonds. The van der Waals surface area contributed by atoms with Crippen molar-refractivity contribution < 1.29 is 38.1 Å². The molecule has 0 radical (unpaired) electrons. The summed E-state index contributed by atoms with van der Waals surface area (Å²) in [5.74, 6) is -1.77. The summed E-state index contributed by atoms with van der Waals surface area (Å²) in [5, 5.41) is 0. The highest BCUT2D eigenvalue weighted by Crippen LogP contribution is 2.46. The van der Waals surface area contributed by atoms with Crippen molar-refractivity contribution >= 4 is 23.8 Å². The van der Waals surface area contributed by atoms with Gasteiger partial charge in [-0.2, -0.15) is 0 Å². The summed E-state index contributed by atoms with van der Waals surface area (Å²) < 4.78 is 23.4. The lowest BCUT2D eigenvalue weighted by Gasteiger charge is -2.36. The topological polar surface area (TPSA) is 118 Å². The summed E-state index contributed by atoms with van der Waals surface area (Å²) >= 11 is 0. The Morgan fingerprint density at radius 1 is 0.397 bits per heavy atom. The van der Waals surface area contributed by atoms with Crippen LogP contribution < -0.4 is 0 Å². The van der Waals surface area contributed by atoms with E-state index in [1.807, 2.05) is 9.80 Å². The highest BCUT2D eigenvalue weighted by atomic mass is 16.6. The van der Waals surface area contributed by atoms with Crippen molar-refractivity contribution in [2.45, 2.75) is 237 Å². The number of fused-ring (bicyclic) bond motifs is 4. The number of carbonyl (C=O) groups excluding carboxylic acids is 4. The SMILES string of the molecule is CCCCC/C=C/C/C=C/CCCCCCCCOC(=O)C1C2CCC(O2)C1C(=O)N1CCN(C)CC1.CCCCCCCCCCCCCCCCCOC(=O)C1C2CCC(O2)C1C(=O)N1CCN(C)CC1. The second-order valence-electron chi connectivity index (χ2n) is 22.8. The molecular weight excluding hydrogens is 917 g/mol. The van der Waals surface area contributed by atoms with E-state index < -0.39 is 11.8 Å². The minimum atomic E-state index is -0.421. The Bertz CT molecular complexity index is 1590. The van der Waals surface area contributed by atoms with Gasteiger partial charge in [-0.3, -0.25) is 19.2 Å². The number of rotatable bonds is 35. The number of unbranched alkanes of at least 4 members (excludes halogenated alkanes) is 23. The molecule has 8 atom stereocenters. The molecule has 0 aromatic rings. The van der Waals surface area contributed by atoms with Gasteiger partial charge in [0.15, 0.2) is 0 Å². The number of piperazine rings is 2. The number of allylic oxidation sites excluding steroid dienone is 4. The molecule has 12 nitrogen and oxygen atoms in total. The van der Waals surface area contributed by atoms with Crippen LogP contribution in [-0.4, -0.2) is 147 Å². The fraction of sp³-hybridized carbons (Fsp3) is 0.869. The third-order valence-electron chi connectivity index (χ3n) is 16.9. The molecule has 8 unspecified atom stereocenters. The molecule has 6 saturated heterocycles. The molecule has 6 heterocycles. The standard InChI is InChI=1S/C31H52N2O4.C30H54N2O4/c1-3-4-5-6-7-8-9-10-11-12-13-14-15-16-17-18-25-36-31(35)29-27-20-19-26(37-27)28(29)30(34)33-23-21-32(2)22-24-33;1-3-4-5-6-7-8-9-10-11-12-13-14-15-16-17-24-35-30(34)28-26-19-18-25(36-26)27(28)29(33)32-22-20-31(2)21-23-32/h7-8,10-11,26-29H,3-6,9,12-25H2,1-2H3;25-28H,3-24H2,1-2H3/b8-7+,11-10+;. The number of likely N-dealkylation sites (N-methyl/N-ethyl adjacent to an activating group) is 2. The number of esters is 2. The third kappa shape index (κ3) is 21.6. The van der Waals surface area contributed by atoms with E-state index in [1.165, 1.54) is 141 Å². The van der Waals surface area contributed by atoms with Crippen molar-refractivity contribution in [1.29, 1.82) is 0 Å². The smallest absolute Gasteiger partial charge is 0.312 e. The van der Waals surface area contributed by atoms with Gasteiger partial charge in [-0.05, 0) is 84.7 Å². The van der Waals surface area contributed by atoms with Crippen LogP contribution in [0.3, 0.4) is 0 Å². The highest BCUT2D eigenvalue weighted by molar-refractivity contribution is 5.88. The van der Waals surface area contributed by atoms with Crippen LogP contribution in [0, 0.1) is 23.7 Å². The molecule has 6 aliphatic heterocycles. The Labute approximate surface area is 444 Å². The van der Waals surface area contributed by atoms with Gasteiger partial charge in [0.05, 0.1) is 61.3 Å². The van der Waals surface area contributed by atoms with E-state index in [-0.39, 0.29) is 60.0 Å². The lowest BCUT2D eigenvalue weighted by molar-refractivity contribution is -0.156. The van der Waals surface area contributed by atoms with Crippen LogP contribution >= 0.6 is 0 Å². The van der Waals surface area contributed by atoms with E-state index >= 15 is 0 Å². The van der Waals surface area contributed by atoms with Gasteiger partial charge in [0.2, 0.25) is 11.8 Å². The third-order valence-corrected chi connectivity index (χ3v) is 16.9. The normalized spacial score (nSPS) is 26.0. The van der Waals surface area contributed by atoms with E-state index in [0.29, 0.717) is 13.2 Å². The minimum Gasteiger partial charge on any atom is -0.465 e. The zero-order valence-electron chi connectivity index (χ0n) is 47.0. The van der Waals surface area contributed by atoms with Crippen molar-refractivity contribution in [3.63, 3.8) is 0 Å². The van der Waals surface area contributed by atoms with E-state index in [2.05, 4.69) is 62.0 Å². The Morgan fingerprint density at radius 3 is 1.07 bits per heavy atom. The molecule has 4 bridgehead atoms. The number of hydrogen-bond donors (Lipinski definition) is 0. The molecule has 0 spiro atoms. The molecule has 73 heavy (non-hydrogen) atoms. The zero-order chi connectivity index (χ0) is 51.9. The van der Waals surface area contributed by atoms with E-state index in [1.54, 1.807) is 0 Å². The molecule has 6 fully saturated rings. The maximum atomic E-state index is 13.3. The average Bonchev–Trinajstić information content (AvgIpc) is 4.23. The average molecular weight is 1020 g/mol. The number of carbonyl (C=O) groups is 4. The number of nitrogens with zero attached hydrogens (tertiary/aromatic N) is 4. The summed E-state index contributed by atoms with van der Waals surface area (Å²) in [6.07, 6.45) is 46.3. The second-order valence-corrected chi connectivity index (χ2v) is 22.8. The fourth-order valence-electron chi connectivity index (χ4n) is 12.2. The van der Waals surface area contributed by atoms with Crippen LogP contribution in [0.5, 0.6) is 0 Å². The molecule has 6 rings (SSSR count). The Morgan fingerprint density at radius 2 is 0.699 bits per heavy atom. The van der Waals surface area contributed by atoms with Gasteiger partial charge in [-0.1, -0.05) is 167 Å². The number of hydrogen-bond acceptors (Lipinski definition) is 10. The molecular formula is C61H106N4O8. The van der Waals surface area contributed by atoms with Crippen molar-refractivity contribution in [2.24, 2.45) is 23.7 Å². The van der Waals surface area contributed by atoms with Gasteiger partial charge >= 0.3 is 11.9 Å². The monoisotopic (exact) mass is 1020 g/mol. The predicted molar refractivity (Wildman–Crippen MR) is 294 cm³/mol. The van der Waals surface area contributed by atoms with E-state index in [9.17, 15) is 19.2 Å². The number of ether oxygens (including phenoxy) is 4. The first-order valence-electron chi connectivity index (χ1n) is 30.6. The molecule has 0 aliphatic carbocycles. The van der Waals surface area contributed by atoms with Crippen LogP contribution in [0.15, 0.2) is 24.3 Å². The van der Waals surface area contributed by atoms with Crippen molar-refractivity contribution in [1.82, 2.24) is 19.6 Å². The molecule has 12 heteroatoms. The summed E-state index contributed by atoms with van der Waals surface area (Å²) in [6.45, 7) is 11.9. The highest BCUT2D eigenvalue weighted by Gasteiger charge is 2.58. The summed E-state index contributed by atoms with van der Waals surface area (Å²) in [4.78, 5) is 60.8. The van der Waals surface area contributed by atoms with Crippen LogP contribution in [0.1, 0.15) is 213 Å². The van der Waals surface area contributed by atoms with Gasteiger partial charge in [0.25, 0.3) is 0 Å². The molecule has 6 aliphatic rings. The van der Waals surface area contributed by atoms with Crippen LogP contribution in [0.25, 0.3) is 0 Å². The lowest BCUT2D eigenvalue weighted by atomic mass is 9.78. The Balaban J connectivity index is 0.000000271. The maximum Gasteiger partial charge on any atom is 0.312 e. The van der Waals surface area contributed by atoms with Gasteiger partial charge in [-0.25, -0.2) is 0 Å². The van der Waals surface area contributed by atoms with Gasteiger partial charge in [-0.15, -0.1) is 0 Å². The van der Waals surface area contributed by atoms with Crippen LogP contribution in [0.4, 0.5) is 0 Å². The molecule has 0 N–H and O–H groups in total. The fourth-order valence-corrected chi connectivity index (χ4v) is 12.2. The summed E-state index contributed by atoms with van der Waals surface area (Å²) in [5.41, 5.74) is 0. The molecule has 0 aromatic carbocycles. The first-order chi connectivity index (χ1) is 35.7. The van der Waals surface area contributed by atoms with Crippen molar-refractivity contribution in [3.05, 3.63) is 24.3 Å². The Kier molecular flexibility index (Phi) is 30.3. The molecule has 0 aromatic heterocycles. The first-order valence-corrected chi connectivity index (χ1v) is 30.6. The summed E-state index contributed by atoms with van der Waals surface area (Å²) in [6, 6.07) is 0. The van der Waals surface area contributed by atoms with Crippen molar-refractivity contribution in [3.8, 4) is 0 Å². The lowest BCUT2D eigenvalue weighted by Crippen LogP contribution is -2.52. The molecule has 418 valence electrons. The van der Waals surface area contributed by atoms with Gasteiger partial charge in [0.1, 0.15) is 0 Å². The summed E-state index contributed by atoms with van der Waals surface area (Å²) in [7, 11) is 4.16. The minimum absolute atomic E-state index is 0.0935. The van der Waals surface area contributed by atoms with E-state index in [4.69, 9.17) is 18.9 Å². The van der Waals surface area contributed by atoms with Gasteiger partial charge in [0, 0.05) is 52.4 Å². The zero-order valence-corrected chi connectivity index (χ0v) is 47.0. The maximum absolute atomic E-state index is 13.3. The molecule has 0 saturated carbocycles. The largest absolute Gasteiger partial charge is 0.465 e.